The molecule has 1 fully saturated rings. The van der Waals surface area contributed by atoms with Crippen molar-refractivity contribution >= 4 is 23.3 Å². The fraction of sp³-hybridized carbons (Fsp3) is 0.714. The van der Waals surface area contributed by atoms with E-state index in [0.29, 0.717) is 0 Å². The van der Waals surface area contributed by atoms with Crippen molar-refractivity contribution in [1.82, 2.24) is 5.32 Å². The number of ketones is 1. The van der Waals surface area contributed by atoms with E-state index in [4.69, 9.17) is 16.3 Å². The number of allylic oxidation sites excluding steroid dienone is 1. The molecule has 0 unspecified atom stereocenters. The molecule has 7 heteroatoms. The second-order valence-corrected chi connectivity index (χ2v) is 8.17. The minimum Gasteiger partial charge on any atom is -0.379 e. The van der Waals surface area contributed by atoms with E-state index in [1.165, 1.54) is 50.3 Å². The van der Waals surface area contributed by atoms with E-state index in [1.807, 2.05) is 0 Å². The molecule has 28 heavy (non-hydrogen) atoms. The molecule has 1 saturated heterocycles. The molecule has 6 nitrogen and oxygen atoms in total. The lowest BCUT2D eigenvalue weighted by atomic mass is 9.78. The predicted octanol–water partition coefficient (Wildman–Crippen LogP) is 2.75. The van der Waals surface area contributed by atoms with Gasteiger partial charge in [-0.2, -0.15) is 0 Å². The van der Waals surface area contributed by atoms with Gasteiger partial charge in [0.2, 0.25) is 5.91 Å². The highest BCUT2D eigenvalue weighted by molar-refractivity contribution is 6.23. The number of rotatable bonds is 10. The Morgan fingerprint density at radius 1 is 1.32 bits per heavy atom. The molecular weight excluding hydrogens is 382 g/mol. The van der Waals surface area contributed by atoms with E-state index < -0.39 is 35.2 Å². The van der Waals surface area contributed by atoms with Crippen LogP contribution in [0.2, 0.25) is 0 Å². The first-order chi connectivity index (χ1) is 13.4. The van der Waals surface area contributed by atoms with Crippen LogP contribution in [0, 0.1) is 0 Å². The molecule has 1 aliphatic heterocycles. The van der Waals surface area contributed by atoms with E-state index in [9.17, 15) is 19.8 Å². The van der Waals surface area contributed by atoms with E-state index in [1.54, 1.807) is 6.08 Å². The van der Waals surface area contributed by atoms with Gasteiger partial charge in [0.05, 0.1) is 11.4 Å². The summed E-state index contributed by atoms with van der Waals surface area (Å²) >= 11 is 6.08. The number of alkyl halides is 1. The third-order valence-electron chi connectivity index (χ3n) is 5.35. The van der Waals surface area contributed by atoms with Gasteiger partial charge in [0.1, 0.15) is 6.10 Å². The van der Waals surface area contributed by atoms with Gasteiger partial charge in [-0.25, -0.2) is 0 Å². The fourth-order valence-corrected chi connectivity index (χ4v) is 4.02. The third-order valence-corrected chi connectivity index (χ3v) is 5.72. The van der Waals surface area contributed by atoms with Crippen LogP contribution in [0.5, 0.6) is 0 Å². The van der Waals surface area contributed by atoms with E-state index in [2.05, 4.69) is 12.2 Å². The van der Waals surface area contributed by atoms with Crippen LogP contribution < -0.4 is 5.32 Å². The molecule has 158 valence electrons. The summed E-state index contributed by atoms with van der Waals surface area (Å²) in [6, 6.07) is -0.892. The Morgan fingerprint density at radius 2 is 2.00 bits per heavy atom. The summed E-state index contributed by atoms with van der Waals surface area (Å²) in [7, 11) is 0. The maximum atomic E-state index is 12.1. The molecule has 0 aromatic rings. The normalized spacial score (nSPS) is 32.5. The van der Waals surface area contributed by atoms with Crippen LogP contribution >= 0.6 is 11.6 Å². The summed E-state index contributed by atoms with van der Waals surface area (Å²) < 4.78 is 5.35. The second-order valence-electron chi connectivity index (χ2n) is 7.67. The average Bonchev–Trinajstić information content (AvgIpc) is 2.66. The molecule has 0 aromatic carbocycles. The number of aliphatic hydroxyl groups is 2. The highest BCUT2D eigenvalue weighted by atomic mass is 35.5. The first-order valence-electron chi connectivity index (χ1n) is 10.3. The van der Waals surface area contributed by atoms with Gasteiger partial charge >= 0.3 is 0 Å². The number of nitrogens with one attached hydrogen (secondary N) is 1. The van der Waals surface area contributed by atoms with Crippen molar-refractivity contribution in [2.45, 2.75) is 94.1 Å². The van der Waals surface area contributed by atoms with Gasteiger partial charge in [-0.05, 0) is 25.0 Å². The van der Waals surface area contributed by atoms with Crippen molar-refractivity contribution in [1.29, 1.82) is 0 Å². The Bertz CT molecular complexity index is 593. The number of hydrogen-bond donors (Lipinski definition) is 3. The molecule has 2 rings (SSSR count). The quantitative estimate of drug-likeness (QED) is 0.291. The molecule has 0 radical (unpaired) electrons. The zero-order valence-electron chi connectivity index (χ0n) is 16.5. The largest absolute Gasteiger partial charge is 0.379 e. The van der Waals surface area contributed by atoms with Gasteiger partial charge in [-0.1, -0.05) is 57.6 Å². The monoisotopic (exact) mass is 413 g/mol. The highest BCUT2D eigenvalue weighted by Crippen LogP contribution is 2.36. The topological polar surface area (TPSA) is 95.9 Å². The Kier molecular flexibility index (Phi) is 9.15. The number of hydrogen-bond acceptors (Lipinski definition) is 5. The van der Waals surface area contributed by atoms with Crippen LogP contribution in [0.15, 0.2) is 24.3 Å². The lowest BCUT2D eigenvalue weighted by Crippen LogP contribution is -2.66. The van der Waals surface area contributed by atoms with Gasteiger partial charge in [0.15, 0.2) is 17.7 Å². The van der Waals surface area contributed by atoms with Crippen molar-refractivity contribution in [3.05, 3.63) is 24.3 Å². The Hall–Kier alpha value is -1.21. The summed E-state index contributed by atoms with van der Waals surface area (Å²) in [5.74, 6) is -0.922. The number of ether oxygens (including phenoxy) is 1. The van der Waals surface area contributed by atoms with Gasteiger partial charge in [0.25, 0.3) is 0 Å². The molecule has 3 N–H and O–H groups in total. The van der Waals surface area contributed by atoms with Gasteiger partial charge in [0, 0.05) is 6.42 Å². The lowest BCUT2D eigenvalue weighted by Gasteiger charge is -2.46. The number of halogens is 1. The van der Waals surface area contributed by atoms with Crippen LogP contribution in [-0.2, 0) is 14.3 Å². The second kappa shape index (κ2) is 11.1. The summed E-state index contributed by atoms with van der Waals surface area (Å²) in [4.78, 5) is 24.2. The molecule has 0 saturated carbocycles. The Balaban J connectivity index is 1.74. The van der Waals surface area contributed by atoms with Gasteiger partial charge < -0.3 is 20.3 Å². The van der Waals surface area contributed by atoms with Crippen LogP contribution in [0.3, 0.4) is 0 Å². The summed E-state index contributed by atoms with van der Waals surface area (Å²) in [6.07, 6.45) is 12.6. The minimum atomic E-state index is -1.85. The van der Waals surface area contributed by atoms with Crippen LogP contribution in [0.4, 0.5) is 0 Å². The molecule has 1 aliphatic carbocycles. The van der Waals surface area contributed by atoms with Gasteiger partial charge in [-0.3, -0.25) is 9.59 Å². The van der Waals surface area contributed by atoms with Crippen molar-refractivity contribution in [3.8, 4) is 0 Å². The summed E-state index contributed by atoms with van der Waals surface area (Å²) in [5.41, 5.74) is -1.85. The maximum absolute atomic E-state index is 12.1. The van der Waals surface area contributed by atoms with Crippen molar-refractivity contribution < 1.29 is 24.5 Å². The summed E-state index contributed by atoms with van der Waals surface area (Å²) in [5, 5.41) is 22.7. The number of fused-ring (bicyclic) bond motifs is 1. The minimum absolute atomic E-state index is 0.150. The van der Waals surface area contributed by atoms with Crippen LogP contribution in [0.25, 0.3) is 0 Å². The number of carbonyl (C=O) groups excluding carboxylic acids is 2. The van der Waals surface area contributed by atoms with Crippen molar-refractivity contribution in [3.63, 3.8) is 0 Å². The lowest BCUT2D eigenvalue weighted by molar-refractivity contribution is -0.239. The SMILES string of the molecule is CCCCCCCCC/C=C/C(=O)N[C@H]1C[C@@]2(O)C(=O)C=C[C@@H](Cl)[C@@H]2O[C@H]1O. The predicted molar refractivity (Wildman–Crippen MR) is 108 cm³/mol. The van der Waals surface area contributed by atoms with E-state index >= 15 is 0 Å². The maximum Gasteiger partial charge on any atom is 0.244 e. The van der Waals surface area contributed by atoms with Gasteiger partial charge in [-0.15, -0.1) is 11.6 Å². The van der Waals surface area contributed by atoms with Crippen molar-refractivity contribution in [2.24, 2.45) is 0 Å². The van der Waals surface area contributed by atoms with Crippen LogP contribution in [-0.4, -0.2) is 51.3 Å². The molecule has 2 aliphatic rings. The zero-order chi connectivity index (χ0) is 20.6. The van der Waals surface area contributed by atoms with E-state index in [-0.39, 0.29) is 12.3 Å². The van der Waals surface area contributed by atoms with Crippen molar-refractivity contribution in [2.75, 3.05) is 0 Å². The van der Waals surface area contributed by atoms with E-state index in [0.717, 1.165) is 19.3 Å². The molecule has 5 atom stereocenters. The standard InChI is InChI=1S/C21H32ClNO5/c1-2-3-4-5-6-7-8-9-10-11-18(25)23-16-14-21(27)17(24)13-12-15(22)19(21)28-20(16)26/h10-13,15-16,19-20,26-27H,2-9,14H2,1H3,(H,23,25)/b11-10+/t15-,16+,19+,20-,21-/m1/s1. The summed E-state index contributed by atoms with van der Waals surface area (Å²) in [6.45, 7) is 2.20. The Labute approximate surface area is 172 Å². The Morgan fingerprint density at radius 3 is 2.71 bits per heavy atom. The van der Waals surface area contributed by atoms with Crippen LogP contribution in [0.1, 0.15) is 64.7 Å². The molecule has 0 bridgehead atoms. The molecule has 0 spiro atoms. The third kappa shape index (κ3) is 6.14. The first kappa shape index (κ1) is 23.1. The zero-order valence-corrected chi connectivity index (χ0v) is 17.2. The fourth-order valence-electron chi connectivity index (χ4n) is 3.68. The molecule has 1 heterocycles. The molecule has 0 aromatic heterocycles. The number of carbonyl (C=O) groups is 2. The molecular formula is C21H32ClNO5. The smallest absolute Gasteiger partial charge is 0.244 e. The number of unbranched alkanes of at least 4 members (excludes halogenated alkanes) is 7. The number of aliphatic hydroxyl groups excluding tert-OH is 1. The number of amides is 1. The highest BCUT2D eigenvalue weighted by Gasteiger charge is 2.55. The first-order valence-corrected chi connectivity index (χ1v) is 10.7. The molecule has 1 amide bonds. The average molecular weight is 414 g/mol.